The summed E-state index contributed by atoms with van der Waals surface area (Å²) in [5.74, 6) is -0.0813. The van der Waals surface area contributed by atoms with Gasteiger partial charge in [-0.15, -0.1) is 0 Å². The fourth-order valence-corrected chi connectivity index (χ4v) is 4.89. The smallest absolute Gasteiger partial charge is 0.295 e. The molecule has 0 aromatic heterocycles. The Hall–Kier alpha value is -4.06. The lowest BCUT2D eigenvalue weighted by Gasteiger charge is -2.26. The number of hydrogen-bond acceptors (Lipinski definition) is 5. The maximum atomic E-state index is 13.4. The fraction of sp³-hybridized carbons (Fsp3) is 0.267. The van der Waals surface area contributed by atoms with E-state index in [1.165, 1.54) is 4.90 Å². The Morgan fingerprint density at radius 2 is 1.86 bits per heavy atom. The third-order valence-corrected chi connectivity index (χ3v) is 6.55. The first-order chi connectivity index (χ1) is 17.5. The van der Waals surface area contributed by atoms with Crippen LogP contribution in [-0.2, 0) is 22.6 Å². The molecule has 1 amide bonds. The van der Waals surface area contributed by atoms with Crippen LogP contribution >= 0.6 is 0 Å². The third kappa shape index (κ3) is 4.47. The highest BCUT2D eigenvalue weighted by Crippen LogP contribution is 2.42. The van der Waals surface area contributed by atoms with Crippen molar-refractivity contribution in [1.82, 2.24) is 4.90 Å². The van der Waals surface area contributed by atoms with Gasteiger partial charge in [-0.25, -0.2) is 0 Å². The van der Waals surface area contributed by atoms with Gasteiger partial charge in [0, 0.05) is 18.5 Å². The maximum Gasteiger partial charge on any atom is 0.295 e. The van der Waals surface area contributed by atoms with Crippen LogP contribution in [0, 0.1) is 0 Å². The zero-order chi connectivity index (χ0) is 25.2. The summed E-state index contributed by atoms with van der Waals surface area (Å²) in [6.45, 7) is 4.81. The molecule has 0 spiro atoms. The molecule has 0 aliphatic carbocycles. The van der Waals surface area contributed by atoms with Crippen LogP contribution in [0.15, 0.2) is 78.4 Å². The largest absolute Gasteiger partial charge is 0.507 e. The van der Waals surface area contributed by atoms with Crippen LogP contribution < -0.4 is 9.47 Å². The molecule has 5 rings (SSSR count). The summed E-state index contributed by atoms with van der Waals surface area (Å²) < 4.78 is 11.6. The fourth-order valence-electron chi connectivity index (χ4n) is 4.89. The first-order valence-corrected chi connectivity index (χ1v) is 12.3. The van der Waals surface area contributed by atoms with Crippen LogP contribution in [0.4, 0.5) is 0 Å². The van der Waals surface area contributed by atoms with Gasteiger partial charge in [-0.05, 0) is 60.4 Å². The lowest BCUT2D eigenvalue weighted by atomic mass is 9.94. The van der Waals surface area contributed by atoms with Crippen molar-refractivity contribution in [3.8, 4) is 11.5 Å². The molecule has 2 aliphatic heterocycles. The van der Waals surface area contributed by atoms with Crippen molar-refractivity contribution in [2.24, 2.45) is 0 Å². The van der Waals surface area contributed by atoms with E-state index in [0.717, 1.165) is 29.7 Å². The molecule has 1 N–H and O–H groups in total. The molecule has 6 nitrogen and oxygen atoms in total. The summed E-state index contributed by atoms with van der Waals surface area (Å²) in [6.07, 6.45) is 1.64. The highest BCUT2D eigenvalue weighted by molar-refractivity contribution is 6.46. The molecular formula is C30H29NO5. The molecule has 1 saturated heterocycles. The lowest BCUT2D eigenvalue weighted by Crippen LogP contribution is -2.29. The zero-order valence-corrected chi connectivity index (χ0v) is 20.4. The number of aliphatic hydroxyl groups is 1. The van der Waals surface area contributed by atoms with E-state index in [0.29, 0.717) is 23.5 Å². The highest BCUT2D eigenvalue weighted by Gasteiger charge is 2.46. The van der Waals surface area contributed by atoms with Crippen LogP contribution in [0.1, 0.15) is 48.6 Å². The monoisotopic (exact) mass is 483 g/mol. The van der Waals surface area contributed by atoms with Crippen molar-refractivity contribution in [2.45, 2.75) is 45.4 Å². The first kappa shape index (κ1) is 23.7. The Morgan fingerprint density at radius 1 is 1.06 bits per heavy atom. The molecule has 6 heteroatoms. The highest BCUT2D eigenvalue weighted by atomic mass is 16.5. The number of aliphatic hydroxyl groups excluding tert-OH is 1. The van der Waals surface area contributed by atoms with E-state index < -0.39 is 17.7 Å². The average molecular weight is 484 g/mol. The van der Waals surface area contributed by atoms with Crippen LogP contribution in [0.2, 0.25) is 0 Å². The summed E-state index contributed by atoms with van der Waals surface area (Å²) >= 11 is 0. The van der Waals surface area contributed by atoms with Crippen molar-refractivity contribution in [2.75, 3.05) is 6.61 Å². The molecule has 3 aromatic rings. The number of ketones is 1. The number of fused-ring (bicyclic) bond motifs is 1. The lowest BCUT2D eigenvalue weighted by molar-refractivity contribution is -0.140. The Labute approximate surface area is 210 Å². The van der Waals surface area contributed by atoms with Gasteiger partial charge in [0.2, 0.25) is 0 Å². The Kier molecular flexibility index (Phi) is 6.51. The van der Waals surface area contributed by atoms with Gasteiger partial charge in [-0.3, -0.25) is 9.59 Å². The summed E-state index contributed by atoms with van der Waals surface area (Å²) in [5, 5.41) is 11.4. The third-order valence-electron chi connectivity index (χ3n) is 6.55. The number of rotatable bonds is 7. The molecule has 0 radical (unpaired) electrons. The quantitative estimate of drug-likeness (QED) is 0.276. The Balaban J connectivity index is 1.61. The molecular weight excluding hydrogens is 454 g/mol. The number of nitrogens with zero attached hydrogens (tertiary/aromatic N) is 1. The minimum Gasteiger partial charge on any atom is -0.507 e. The number of amides is 1. The molecule has 0 saturated carbocycles. The minimum absolute atomic E-state index is 0.0553. The predicted molar refractivity (Wildman–Crippen MR) is 137 cm³/mol. The minimum atomic E-state index is -0.751. The predicted octanol–water partition coefficient (Wildman–Crippen LogP) is 5.42. The molecule has 184 valence electrons. The summed E-state index contributed by atoms with van der Waals surface area (Å²) in [7, 11) is 0. The first-order valence-electron chi connectivity index (χ1n) is 12.3. The SMILES string of the molecule is CCCOc1cccc(C2/C(=C(\O)c3ccc4c(c3)CC(C)O4)C(=O)C(=O)N2Cc2ccccc2)c1. The summed E-state index contributed by atoms with van der Waals surface area (Å²) in [4.78, 5) is 28.2. The number of Topliss-reactive ketones (excluding diaryl/α,β-unsaturated/α-hetero) is 1. The molecule has 2 heterocycles. The van der Waals surface area contributed by atoms with E-state index >= 15 is 0 Å². The molecule has 2 unspecified atom stereocenters. The van der Waals surface area contributed by atoms with E-state index in [1.54, 1.807) is 6.07 Å². The van der Waals surface area contributed by atoms with Gasteiger partial charge in [-0.2, -0.15) is 0 Å². The van der Waals surface area contributed by atoms with Gasteiger partial charge in [0.1, 0.15) is 23.4 Å². The average Bonchev–Trinajstić information content (AvgIpc) is 3.39. The second kappa shape index (κ2) is 9.90. The van der Waals surface area contributed by atoms with Crippen LogP contribution in [-0.4, -0.2) is 34.4 Å². The van der Waals surface area contributed by atoms with E-state index in [1.807, 2.05) is 80.6 Å². The molecule has 1 fully saturated rings. The summed E-state index contributed by atoms with van der Waals surface area (Å²) in [5.41, 5.74) is 3.14. The van der Waals surface area contributed by atoms with Crippen molar-refractivity contribution in [3.05, 3.63) is 101 Å². The number of benzene rings is 3. The molecule has 36 heavy (non-hydrogen) atoms. The van der Waals surface area contributed by atoms with E-state index in [9.17, 15) is 14.7 Å². The molecule has 2 aliphatic rings. The Morgan fingerprint density at radius 3 is 2.64 bits per heavy atom. The van der Waals surface area contributed by atoms with Crippen molar-refractivity contribution >= 4 is 17.4 Å². The van der Waals surface area contributed by atoms with Crippen LogP contribution in [0.25, 0.3) is 5.76 Å². The topological polar surface area (TPSA) is 76.1 Å². The Bertz CT molecular complexity index is 1330. The second-order valence-corrected chi connectivity index (χ2v) is 9.29. The van der Waals surface area contributed by atoms with Crippen molar-refractivity contribution in [1.29, 1.82) is 0 Å². The number of carbonyl (C=O) groups is 2. The second-order valence-electron chi connectivity index (χ2n) is 9.29. The van der Waals surface area contributed by atoms with Gasteiger partial charge < -0.3 is 19.5 Å². The van der Waals surface area contributed by atoms with Gasteiger partial charge in [0.25, 0.3) is 11.7 Å². The van der Waals surface area contributed by atoms with Gasteiger partial charge in [-0.1, -0.05) is 49.4 Å². The standard InChI is InChI=1S/C30H29NO5/c1-3-14-35-24-11-7-10-21(17-24)27-26(28(32)22-12-13-25-23(16-22)15-19(2)36-25)29(33)30(34)31(27)18-20-8-5-4-6-9-20/h4-13,16-17,19,27,32H,3,14-15,18H2,1-2H3/b28-26+. The van der Waals surface area contributed by atoms with Crippen LogP contribution in [0.3, 0.4) is 0 Å². The van der Waals surface area contributed by atoms with E-state index in [2.05, 4.69) is 0 Å². The molecule has 0 bridgehead atoms. The number of ether oxygens (including phenoxy) is 2. The number of hydrogen-bond donors (Lipinski definition) is 1. The van der Waals surface area contributed by atoms with Gasteiger partial charge >= 0.3 is 0 Å². The molecule has 3 aromatic carbocycles. The molecule has 2 atom stereocenters. The maximum absolute atomic E-state index is 13.4. The van der Waals surface area contributed by atoms with Crippen molar-refractivity contribution in [3.63, 3.8) is 0 Å². The van der Waals surface area contributed by atoms with Crippen molar-refractivity contribution < 1.29 is 24.2 Å². The van der Waals surface area contributed by atoms with Gasteiger partial charge in [0.05, 0.1) is 18.2 Å². The summed E-state index contributed by atoms with van der Waals surface area (Å²) in [6, 6.07) is 21.6. The van der Waals surface area contributed by atoms with Gasteiger partial charge in [0.15, 0.2) is 0 Å². The van der Waals surface area contributed by atoms with E-state index in [4.69, 9.17) is 9.47 Å². The zero-order valence-electron chi connectivity index (χ0n) is 20.4. The number of likely N-dealkylation sites (tertiary alicyclic amines) is 1. The van der Waals surface area contributed by atoms with Crippen LogP contribution in [0.5, 0.6) is 11.5 Å². The van der Waals surface area contributed by atoms with E-state index in [-0.39, 0.29) is 24.0 Å². The normalized spacial score (nSPS) is 20.3. The number of carbonyl (C=O) groups excluding carboxylic acids is 2.